The van der Waals surface area contributed by atoms with Gasteiger partial charge in [-0.15, -0.1) is 0 Å². The number of ether oxygens (including phenoxy) is 1. The van der Waals surface area contributed by atoms with Gasteiger partial charge in [0.15, 0.2) is 5.75 Å². The normalized spacial score (nSPS) is 21.7. The number of nitrogens with zero attached hydrogens (tertiary/aromatic N) is 2. The van der Waals surface area contributed by atoms with Gasteiger partial charge in [0.1, 0.15) is 5.82 Å². The van der Waals surface area contributed by atoms with Crippen LogP contribution in [-0.2, 0) is 0 Å². The molecule has 3 nitrogen and oxygen atoms in total. The molecule has 0 N–H and O–H groups in total. The fourth-order valence-electron chi connectivity index (χ4n) is 3.34. The van der Waals surface area contributed by atoms with E-state index in [2.05, 4.69) is 23.8 Å². The second-order valence-electron chi connectivity index (χ2n) is 6.69. The van der Waals surface area contributed by atoms with Gasteiger partial charge in [0, 0.05) is 5.92 Å². The van der Waals surface area contributed by atoms with E-state index in [-0.39, 0.29) is 0 Å². The third kappa shape index (κ3) is 5.58. The molecule has 1 aliphatic rings. The van der Waals surface area contributed by atoms with E-state index in [0.29, 0.717) is 5.92 Å². The van der Waals surface area contributed by atoms with Crippen LogP contribution in [0.3, 0.4) is 0 Å². The Labute approximate surface area is 135 Å². The molecule has 1 saturated carbocycles. The van der Waals surface area contributed by atoms with Crippen LogP contribution in [0.25, 0.3) is 0 Å². The lowest BCUT2D eigenvalue weighted by Gasteiger charge is -2.27. The zero-order valence-electron chi connectivity index (χ0n) is 14.4. The molecule has 22 heavy (non-hydrogen) atoms. The molecule has 0 unspecified atom stereocenters. The Morgan fingerprint density at radius 3 is 2.27 bits per heavy atom. The van der Waals surface area contributed by atoms with Gasteiger partial charge >= 0.3 is 0 Å². The lowest BCUT2D eigenvalue weighted by molar-refractivity contribution is 0.293. The van der Waals surface area contributed by atoms with E-state index < -0.39 is 0 Å². The minimum Gasteiger partial charge on any atom is -0.490 e. The van der Waals surface area contributed by atoms with Crippen LogP contribution in [0.15, 0.2) is 12.4 Å². The van der Waals surface area contributed by atoms with Crippen molar-refractivity contribution in [1.82, 2.24) is 9.97 Å². The maximum atomic E-state index is 5.64. The molecule has 0 atom stereocenters. The SMILES string of the molecule is CCCCCC1CCC(c2ncc(OCCCC)cn2)CC1. The Bertz CT molecular complexity index is 396. The summed E-state index contributed by atoms with van der Waals surface area (Å²) in [5, 5.41) is 0. The van der Waals surface area contributed by atoms with Gasteiger partial charge in [0.05, 0.1) is 19.0 Å². The first kappa shape index (κ1) is 17.2. The summed E-state index contributed by atoms with van der Waals surface area (Å²) < 4.78 is 5.64. The van der Waals surface area contributed by atoms with Gasteiger partial charge < -0.3 is 4.74 Å². The molecule has 1 aromatic heterocycles. The lowest BCUT2D eigenvalue weighted by atomic mass is 9.79. The van der Waals surface area contributed by atoms with E-state index in [1.807, 2.05) is 12.4 Å². The maximum absolute atomic E-state index is 5.64. The molecule has 0 aliphatic heterocycles. The predicted molar refractivity (Wildman–Crippen MR) is 91.3 cm³/mol. The summed E-state index contributed by atoms with van der Waals surface area (Å²) in [6.07, 6.45) is 16.7. The van der Waals surface area contributed by atoms with Crippen LogP contribution in [0, 0.1) is 5.92 Å². The Morgan fingerprint density at radius 1 is 0.955 bits per heavy atom. The highest BCUT2D eigenvalue weighted by Crippen LogP contribution is 2.36. The van der Waals surface area contributed by atoms with Gasteiger partial charge in [-0.05, 0) is 38.0 Å². The zero-order valence-corrected chi connectivity index (χ0v) is 14.4. The quantitative estimate of drug-likeness (QED) is 0.564. The van der Waals surface area contributed by atoms with Crippen LogP contribution in [0.4, 0.5) is 0 Å². The smallest absolute Gasteiger partial charge is 0.155 e. The highest BCUT2D eigenvalue weighted by molar-refractivity contribution is 5.14. The molecule has 2 rings (SSSR count). The fraction of sp³-hybridized carbons (Fsp3) is 0.789. The summed E-state index contributed by atoms with van der Waals surface area (Å²) in [7, 11) is 0. The van der Waals surface area contributed by atoms with Crippen molar-refractivity contribution in [3.8, 4) is 5.75 Å². The molecule has 3 heteroatoms. The third-order valence-electron chi connectivity index (χ3n) is 4.84. The van der Waals surface area contributed by atoms with Gasteiger partial charge in [0.2, 0.25) is 0 Å². The van der Waals surface area contributed by atoms with E-state index >= 15 is 0 Å². The Balaban J connectivity index is 1.74. The molecule has 0 spiro atoms. The largest absolute Gasteiger partial charge is 0.490 e. The summed E-state index contributed by atoms with van der Waals surface area (Å²) in [5.41, 5.74) is 0. The van der Waals surface area contributed by atoms with Crippen molar-refractivity contribution in [1.29, 1.82) is 0 Å². The van der Waals surface area contributed by atoms with Gasteiger partial charge in [-0.3, -0.25) is 0 Å². The standard InChI is InChI=1S/C19H32N2O/c1-3-5-7-8-16-9-11-17(12-10-16)19-20-14-18(15-21-19)22-13-6-4-2/h14-17H,3-13H2,1-2H3. The van der Waals surface area contributed by atoms with Crippen LogP contribution in [0.2, 0.25) is 0 Å². The van der Waals surface area contributed by atoms with Gasteiger partial charge in [-0.1, -0.05) is 46.0 Å². The number of hydrogen-bond donors (Lipinski definition) is 0. The Kier molecular flexibility index (Phi) is 7.68. The Morgan fingerprint density at radius 2 is 1.64 bits per heavy atom. The topological polar surface area (TPSA) is 35.0 Å². The second-order valence-corrected chi connectivity index (χ2v) is 6.69. The van der Waals surface area contributed by atoms with Gasteiger partial charge in [0.25, 0.3) is 0 Å². The summed E-state index contributed by atoms with van der Waals surface area (Å²) in [6, 6.07) is 0. The number of unbranched alkanes of at least 4 members (excludes halogenated alkanes) is 3. The number of hydrogen-bond acceptors (Lipinski definition) is 3. The highest BCUT2D eigenvalue weighted by atomic mass is 16.5. The first-order valence-corrected chi connectivity index (χ1v) is 9.28. The van der Waals surface area contributed by atoms with Gasteiger partial charge in [-0.2, -0.15) is 0 Å². The minimum absolute atomic E-state index is 0.562. The van der Waals surface area contributed by atoms with Crippen molar-refractivity contribution in [3.63, 3.8) is 0 Å². The fourth-order valence-corrected chi connectivity index (χ4v) is 3.34. The molecule has 1 aliphatic carbocycles. The first-order chi connectivity index (χ1) is 10.8. The molecule has 124 valence electrons. The zero-order chi connectivity index (χ0) is 15.6. The molecule has 0 bridgehead atoms. The predicted octanol–water partition coefficient (Wildman–Crippen LogP) is 5.51. The molecule has 1 heterocycles. The van der Waals surface area contributed by atoms with Crippen LogP contribution in [0.1, 0.15) is 89.8 Å². The average molecular weight is 304 g/mol. The first-order valence-electron chi connectivity index (χ1n) is 9.28. The van der Waals surface area contributed by atoms with E-state index in [0.717, 1.165) is 36.9 Å². The van der Waals surface area contributed by atoms with Crippen molar-refractivity contribution in [2.24, 2.45) is 5.92 Å². The molecule has 1 fully saturated rings. The summed E-state index contributed by atoms with van der Waals surface area (Å²) in [5.74, 6) is 3.34. The van der Waals surface area contributed by atoms with Crippen LogP contribution >= 0.6 is 0 Å². The van der Waals surface area contributed by atoms with Crippen molar-refractivity contribution in [3.05, 3.63) is 18.2 Å². The second kappa shape index (κ2) is 9.81. The van der Waals surface area contributed by atoms with Crippen molar-refractivity contribution < 1.29 is 4.74 Å². The van der Waals surface area contributed by atoms with E-state index in [4.69, 9.17) is 4.74 Å². The molecule has 0 aromatic carbocycles. The number of aromatic nitrogens is 2. The van der Waals surface area contributed by atoms with Gasteiger partial charge in [-0.25, -0.2) is 9.97 Å². The van der Waals surface area contributed by atoms with Crippen LogP contribution < -0.4 is 4.74 Å². The minimum atomic E-state index is 0.562. The third-order valence-corrected chi connectivity index (χ3v) is 4.84. The average Bonchev–Trinajstić information content (AvgIpc) is 2.57. The summed E-state index contributed by atoms with van der Waals surface area (Å²) in [4.78, 5) is 9.09. The van der Waals surface area contributed by atoms with Crippen LogP contribution in [-0.4, -0.2) is 16.6 Å². The number of rotatable bonds is 9. The van der Waals surface area contributed by atoms with Crippen molar-refractivity contribution >= 4 is 0 Å². The summed E-state index contributed by atoms with van der Waals surface area (Å²) in [6.45, 7) is 5.22. The molecule has 0 saturated heterocycles. The van der Waals surface area contributed by atoms with E-state index in [9.17, 15) is 0 Å². The molecular formula is C19H32N2O. The summed E-state index contributed by atoms with van der Waals surface area (Å²) >= 11 is 0. The Hall–Kier alpha value is -1.12. The van der Waals surface area contributed by atoms with Crippen molar-refractivity contribution in [2.45, 2.75) is 84.0 Å². The van der Waals surface area contributed by atoms with E-state index in [1.165, 1.54) is 51.4 Å². The monoisotopic (exact) mass is 304 g/mol. The highest BCUT2D eigenvalue weighted by Gasteiger charge is 2.23. The molecule has 0 radical (unpaired) electrons. The molecular weight excluding hydrogens is 272 g/mol. The molecule has 0 amide bonds. The lowest BCUT2D eigenvalue weighted by Crippen LogP contribution is -2.15. The van der Waals surface area contributed by atoms with Crippen LogP contribution in [0.5, 0.6) is 5.75 Å². The maximum Gasteiger partial charge on any atom is 0.155 e. The van der Waals surface area contributed by atoms with E-state index in [1.54, 1.807) is 0 Å². The van der Waals surface area contributed by atoms with Crippen molar-refractivity contribution in [2.75, 3.05) is 6.61 Å². The molecule has 1 aromatic rings.